The van der Waals surface area contributed by atoms with Gasteiger partial charge in [-0.15, -0.1) is 11.8 Å². The molecular formula is C15H21NO2S2. The van der Waals surface area contributed by atoms with Crippen LogP contribution in [-0.2, 0) is 15.3 Å². The maximum Gasteiger partial charge on any atom is 0.315 e. The summed E-state index contributed by atoms with van der Waals surface area (Å²) in [5, 5.41) is 0. The largest absolute Gasteiger partial charge is 0.465 e. The first kappa shape index (κ1) is 17.0. The van der Waals surface area contributed by atoms with Crippen molar-refractivity contribution in [2.24, 2.45) is 11.7 Å². The lowest BCUT2D eigenvalue weighted by molar-refractivity contribution is -0.140. The summed E-state index contributed by atoms with van der Waals surface area (Å²) in [7, 11) is 0. The third-order valence-electron chi connectivity index (χ3n) is 2.72. The zero-order chi connectivity index (χ0) is 15.0. The second-order valence-corrected chi connectivity index (χ2v) is 6.34. The van der Waals surface area contributed by atoms with Crippen molar-refractivity contribution in [1.29, 1.82) is 0 Å². The number of carbonyl (C=O) groups is 1. The fourth-order valence-corrected chi connectivity index (χ4v) is 2.60. The summed E-state index contributed by atoms with van der Waals surface area (Å²) in [4.78, 5) is 11.9. The van der Waals surface area contributed by atoms with Crippen LogP contribution < -0.4 is 5.73 Å². The summed E-state index contributed by atoms with van der Waals surface area (Å²) in [6, 6.07) is 7.73. The summed E-state index contributed by atoms with van der Waals surface area (Å²) < 4.78 is 5.16. The van der Waals surface area contributed by atoms with Crippen molar-refractivity contribution >= 4 is 34.9 Å². The summed E-state index contributed by atoms with van der Waals surface area (Å²) in [5.74, 6) is 1.44. The Kier molecular flexibility index (Phi) is 7.62. The number of carbonyl (C=O) groups excluding carboxylic acids is 1. The molecular weight excluding hydrogens is 290 g/mol. The first-order valence-corrected chi connectivity index (χ1v) is 8.18. The molecule has 1 aromatic carbocycles. The van der Waals surface area contributed by atoms with E-state index in [1.807, 2.05) is 24.3 Å². The standard InChI is InChI=1S/C15H21NO2S2/c1-11(2)7-8-18-14(17)10-20-9-12-5-3-4-6-13(12)15(16)19/h3-6,11H,7-10H2,1-2H3,(H2,16,19). The van der Waals surface area contributed by atoms with E-state index in [0.29, 0.717) is 29.0 Å². The number of ether oxygens (including phenoxy) is 1. The fraction of sp³-hybridized carbons (Fsp3) is 0.467. The molecule has 1 rings (SSSR count). The maximum absolute atomic E-state index is 11.5. The van der Waals surface area contributed by atoms with Crippen LogP contribution in [0.4, 0.5) is 0 Å². The molecule has 0 radical (unpaired) electrons. The predicted octanol–water partition coefficient (Wildman–Crippen LogP) is 3.14. The Balaban J connectivity index is 2.34. The van der Waals surface area contributed by atoms with Gasteiger partial charge in [-0.1, -0.05) is 50.3 Å². The highest BCUT2D eigenvalue weighted by atomic mass is 32.2. The van der Waals surface area contributed by atoms with Gasteiger partial charge in [-0.3, -0.25) is 4.79 Å². The van der Waals surface area contributed by atoms with E-state index in [0.717, 1.165) is 17.5 Å². The molecule has 5 heteroatoms. The SMILES string of the molecule is CC(C)CCOC(=O)CSCc1ccccc1C(N)=S. The molecule has 0 spiro atoms. The van der Waals surface area contributed by atoms with E-state index in [1.165, 1.54) is 11.8 Å². The number of nitrogens with two attached hydrogens (primary N) is 1. The van der Waals surface area contributed by atoms with Crippen LogP contribution in [0.15, 0.2) is 24.3 Å². The average molecular weight is 311 g/mol. The van der Waals surface area contributed by atoms with Crippen LogP contribution >= 0.6 is 24.0 Å². The quantitative estimate of drug-likeness (QED) is 0.590. The molecule has 3 nitrogen and oxygen atoms in total. The lowest BCUT2D eigenvalue weighted by Crippen LogP contribution is -2.13. The third-order valence-corrected chi connectivity index (χ3v) is 3.89. The minimum Gasteiger partial charge on any atom is -0.465 e. The second-order valence-electron chi connectivity index (χ2n) is 4.92. The van der Waals surface area contributed by atoms with Gasteiger partial charge in [-0.25, -0.2) is 0 Å². The first-order valence-electron chi connectivity index (χ1n) is 6.61. The minimum atomic E-state index is -0.163. The first-order chi connectivity index (χ1) is 9.50. The normalized spacial score (nSPS) is 10.6. The lowest BCUT2D eigenvalue weighted by atomic mass is 10.1. The summed E-state index contributed by atoms with van der Waals surface area (Å²) in [6.45, 7) is 4.71. The molecule has 0 atom stereocenters. The van der Waals surface area contributed by atoms with Gasteiger partial charge in [0.25, 0.3) is 0 Å². The third kappa shape index (κ3) is 6.39. The van der Waals surface area contributed by atoms with Gasteiger partial charge >= 0.3 is 5.97 Å². The number of thioether (sulfide) groups is 1. The van der Waals surface area contributed by atoms with Crippen molar-refractivity contribution in [3.63, 3.8) is 0 Å². The topological polar surface area (TPSA) is 52.3 Å². The Morgan fingerprint density at radius 1 is 1.40 bits per heavy atom. The molecule has 0 fully saturated rings. The Morgan fingerprint density at radius 2 is 2.10 bits per heavy atom. The molecule has 0 aromatic heterocycles. The van der Waals surface area contributed by atoms with Crippen molar-refractivity contribution in [3.8, 4) is 0 Å². The highest BCUT2D eigenvalue weighted by molar-refractivity contribution is 7.99. The van der Waals surface area contributed by atoms with Crippen molar-refractivity contribution in [3.05, 3.63) is 35.4 Å². The van der Waals surface area contributed by atoms with Gasteiger partial charge in [-0.05, 0) is 17.9 Å². The van der Waals surface area contributed by atoms with Crippen LogP contribution in [0.1, 0.15) is 31.4 Å². The molecule has 0 aliphatic rings. The smallest absolute Gasteiger partial charge is 0.315 e. The maximum atomic E-state index is 11.5. The van der Waals surface area contributed by atoms with Crippen LogP contribution in [-0.4, -0.2) is 23.3 Å². The van der Waals surface area contributed by atoms with Crippen LogP contribution in [0.2, 0.25) is 0 Å². The second kappa shape index (κ2) is 8.97. The van der Waals surface area contributed by atoms with E-state index in [2.05, 4.69) is 13.8 Å². The van der Waals surface area contributed by atoms with Crippen molar-refractivity contribution in [2.75, 3.05) is 12.4 Å². The van der Waals surface area contributed by atoms with Crippen LogP contribution in [0.25, 0.3) is 0 Å². The van der Waals surface area contributed by atoms with Gasteiger partial charge in [0, 0.05) is 11.3 Å². The number of benzene rings is 1. The van der Waals surface area contributed by atoms with E-state index < -0.39 is 0 Å². The van der Waals surface area contributed by atoms with Crippen LogP contribution in [0.5, 0.6) is 0 Å². The molecule has 0 unspecified atom stereocenters. The predicted molar refractivity (Wildman–Crippen MR) is 88.9 cm³/mol. The zero-order valence-corrected chi connectivity index (χ0v) is 13.6. The molecule has 0 saturated heterocycles. The molecule has 20 heavy (non-hydrogen) atoms. The summed E-state index contributed by atoms with van der Waals surface area (Å²) in [5.41, 5.74) is 7.60. The van der Waals surface area contributed by atoms with Crippen LogP contribution in [0, 0.1) is 5.92 Å². The summed E-state index contributed by atoms with van der Waals surface area (Å²) >= 11 is 6.53. The number of esters is 1. The Morgan fingerprint density at radius 3 is 2.75 bits per heavy atom. The molecule has 0 aliphatic carbocycles. The number of hydrogen-bond acceptors (Lipinski definition) is 4. The van der Waals surface area contributed by atoms with Gasteiger partial charge in [0.15, 0.2) is 0 Å². The van der Waals surface area contributed by atoms with Gasteiger partial charge < -0.3 is 10.5 Å². The zero-order valence-electron chi connectivity index (χ0n) is 11.9. The van der Waals surface area contributed by atoms with Crippen molar-refractivity contribution in [2.45, 2.75) is 26.0 Å². The van der Waals surface area contributed by atoms with Crippen molar-refractivity contribution < 1.29 is 9.53 Å². The van der Waals surface area contributed by atoms with E-state index in [9.17, 15) is 4.79 Å². The Bertz CT molecular complexity index is 461. The van der Waals surface area contributed by atoms with Crippen molar-refractivity contribution in [1.82, 2.24) is 0 Å². The highest BCUT2D eigenvalue weighted by Crippen LogP contribution is 2.17. The van der Waals surface area contributed by atoms with Gasteiger partial charge in [0.05, 0.1) is 12.4 Å². The van der Waals surface area contributed by atoms with E-state index >= 15 is 0 Å². The lowest BCUT2D eigenvalue weighted by Gasteiger charge is -2.08. The summed E-state index contributed by atoms with van der Waals surface area (Å²) in [6.07, 6.45) is 0.903. The van der Waals surface area contributed by atoms with E-state index in [4.69, 9.17) is 22.7 Å². The van der Waals surface area contributed by atoms with E-state index in [-0.39, 0.29) is 5.97 Å². The number of thiocarbonyl (C=S) groups is 1. The highest BCUT2D eigenvalue weighted by Gasteiger charge is 2.07. The molecule has 0 aliphatic heterocycles. The van der Waals surface area contributed by atoms with Gasteiger partial charge in [-0.2, -0.15) is 0 Å². The Labute approximate surface area is 130 Å². The monoisotopic (exact) mass is 311 g/mol. The fourth-order valence-electron chi connectivity index (χ4n) is 1.58. The minimum absolute atomic E-state index is 0.163. The molecule has 0 amide bonds. The van der Waals surface area contributed by atoms with Gasteiger partial charge in [0.2, 0.25) is 0 Å². The molecule has 0 heterocycles. The van der Waals surface area contributed by atoms with Gasteiger partial charge in [0.1, 0.15) is 4.99 Å². The van der Waals surface area contributed by atoms with E-state index in [1.54, 1.807) is 0 Å². The molecule has 0 bridgehead atoms. The van der Waals surface area contributed by atoms with Crippen LogP contribution in [0.3, 0.4) is 0 Å². The molecule has 110 valence electrons. The number of rotatable bonds is 8. The molecule has 0 saturated carbocycles. The number of hydrogen-bond donors (Lipinski definition) is 1. The molecule has 1 aromatic rings. The Hall–Kier alpha value is -1.07. The molecule has 2 N–H and O–H groups in total. The average Bonchev–Trinajstić information content (AvgIpc) is 2.38.